The molecule has 4 amide bonds. The molecule has 0 fully saturated rings. The van der Waals surface area contributed by atoms with E-state index in [1.54, 1.807) is 158 Å². The minimum atomic E-state index is -0.541. The fraction of sp³-hybridized carbons (Fsp3) is 0. The van der Waals surface area contributed by atoms with Gasteiger partial charge in [-0.15, -0.1) is 0 Å². The molecule has 0 spiro atoms. The van der Waals surface area contributed by atoms with Gasteiger partial charge in [-0.2, -0.15) is 0 Å². The molecule has 12 rings (SSSR count). The Labute approximate surface area is 459 Å². The van der Waals surface area contributed by atoms with Crippen molar-refractivity contribution in [2.45, 2.75) is 0 Å². The molecule has 0 atom stereocenters. The van der Waals surface area contributed by atoms with Gasteiger partial charge in [-0.3, -0.25) is 28.8 Å². The van der Waals surface area contributed by atoms with Gasteiger partial charge in [-0.05, 0) is 181 Å². The molecule has 2 heterocycles. The molecule has 10 aromatic rings. The van der Waals surface area contributed by atoms with Crippen LogP contribution < -0.4 is 19.3 Å². The van der Waals surface area contributed by atoms with E-state index in [-0.39, 0.29) is 33.8 Å². The quantitative estimate of drug-likeness (QED) is 0.0712. The first kappa shape index (κ1) is 49.4. The lowest BCUT2D eigenvalue weighted by Crippen LogP contribution is -2.29. The summed E-state index contributed by atoms with van der Waals surface area (Å²) in [5.41, 5.74) is 7.82. The lowest BCUT2D eigenvalue weighted by Gasteiger charge is -2.15. The number of nitrogens with zero attached hydrogens (tertiary/aromatic N) is 2. The van der Waals surface area contributed by atoms with E-state index in [4.69, 9.17) is 9.47 Å². The lowest BCUT2D eigenvalue weighted by molar-refractivity contribution is 0.0910. The average molecular weight is 1040 g/mol. The van der Waals surface area contributed by atoms with Crippen molar-refractivity contribution >= 4 is 46.6 Å². The minimum absolute atomic E-state index is 0.159. The molecular formula is C70H40N2O8. The van der Waals surface area contributed by atoms with Crippen molar-refractivity contribution in [2.24, 2.45) is 0 Å². The fourth-order valence-corrected chi connectivity index (χ4v) is 9.38. The summed E-state index contributed by atoms with van der Waals surface area (Å²) in [6.45, 7) is 0. The standard InChI is InChI=1S/C70H40N2O8/c73-65(49-25-21-47(22-26-49)19-17-45-9-3-1-4-10-45)51-29-35-57(36-30-51)79-59-15-7-13-55(43-59)71-67(75)61-39-33-53(41-63(61)69(71)77)54-34-40-62-64(42-54)70(78)72(68(62)76)56-14-8-16-60(44-56)80-58-37-31-52(32-38-58)66(74)50-27-23-48(24-28-50)20-18-46-11-5-2-6-12-46/h1-16,21-44H. The van der Waals surface area contributed by atoms with E-state index in [2.05, 4.69) is 23.7 Å². The summed E-state index contributed by atoms with van der Waals surface area (Å²) in [7, 11) is 0. The molecule has 2 aliphatic heterocycles. The van der Waals surface area contributed by atoms with Gasteiger partial charge >= 0.3 is 0 Å². The number of carbonyl (C=O) groups is 6. The van der Waals surface area contributed by atoms with Crippen molar-refractivity contribution in [1.82, 2.24) is 0 Å². The monoisotopic (exact) mass is 1040 g/mol. The molecule has 0 unspecified atom stereocenters. The summed E-state index contributed by atoms with van der Waals surface area (Å²) in [6, 6.07) is 70.0. The third-order valence-corrected chi connectivity index (χ3v) is 13.5. The molecule has 80 heavy (non-hydrogen) atoms. The highest BCUT2D eigenvalue weighted by molar-refractivity contribution is 6.36. The molecule has 0 saturated heterocycles. The van der Waals surface area contributed by atoms with Gasteiger partial charge in [0.05, 0.1) is 33.6 Å². The minimum Gasteiger partial charge on any atom is -0.457 e. The highest BCUT2D eigenvalue weighted by Crippen LogP contribution is 2.37. The van der Waals surface area contributed by atoms with Crippen LogP contribution in [0.2, 0.25) is 0 Å². The van der Waals surface area contributed by atoms with Crippen LogP contribution in [0.5, 0.6) is 23.0 Å². The van der Waals surface area contributed by atoms with Gasteiger partial charge in [-0.1, -0.05) is 84.3 Å². The predicted octanol–water partition coefficient (Wildman–Crippen LogP) is 13.8. The number of ether oxygens (including phenoxy) is 2. The number of carbonyl (C=O) groups excluding carboxylic acids is 6. The molecule has 0 aliphatic carbocycles. The van der Waals surface area contributed by atoms with E-state index in [0.29, 0.717) is 67.8 Å². The highest BCUT2D eigenvalue weighted by atomic mass is 16.5. The number of amides is 4. The zero-order valence-corrected chi connectivity index (χ0v) is 42.3. The van der Waals surface area contributed by atoms with Gasteiger partial charge in [0.25, 0.3) is 23.6 Å². The molecule has 10 nitrogen and oxygen atoms in total. The SMILES string of the molecule is O=C(c1ccc(C#Cc2ccccc2)cc1)c1ccc(Oc2cccc(N3C(=O)c4ccc(-c5ccc6c(c5)C(=O)N(c5cccc(Oc7ccc(C(=O)c8ccc(C#Cc9ccccc9)cc8)cc7)c5)C6=O)cc4C3=O)c2)cc1. The van der Waals surface area contributed by atoms with Crippen LogP contribution in [0.4, 0.5) is 11.4 Å². The van der Waals surface area contributed by atoms with Crippen LogP contribution in [-0.4, -0.2) is 35.2 Å². The fourth-order valence-electron chi connectivity index (χ4n) is 9.38. The first-order valence-corrected chi connectivity index (χ1v) is 25.4. The number of benzene rings is 10. The lowest BCUT2D eigenvalue weighted by atomic mass is 9.97. The Morgan fingerprint density at radius 2 is 0.613 bits per heavy atom. The van der Waals surface area contributed by atoms with E-state index in [1.807, 2.05) is 84.9 Å². The maximum Gasteiger partial charge on any atom is 0.266 e. The Hall–Kier alpha value is -11.5. The number of imide groups is 2. The van der Waals surface area contributed by atoms with Crippen LogP contribution in [0.3, 0.4) is 0 Å². The molecule has 0 N–H and O–H groups in total. The Morgan fingerprint density at radius 3 is 0.975 bits per heavy atom. The molecular weight excluding hydrogens is 997 g/mol. The van der Waals surface area contributed by atoms with Crippen LogP contribution in [0, 0.1) is 23.7 Å². The topological polar surface area (TPSA) is 127 Å². The van der Waals surface area contributed by atoms with Crippen molar-refractivity contribution in [3.8, 4) is 57.8 Å². The first-order chi connectivity index (χ1) is 39.1. The number of hydrogen-bond donors (Lipinski definition) is 0. The van der Waals surface area contributed by atoms with Gasteiger partial charge in [0.15, 0.2) is 11.6 Å². The second kappa shape index (κ2) is 21.3. The van der Waals surface area contributed by atoms with Gasteiger partial charge in [0.1, 0.15) is 23.0 Å². The molecule has 0 aromatic heterocycles. The number of hydrogen-bond acceptors (Lipinski definition) is 8. The second-order valence-electron chi connectivity index (χ2n) is 18.7. The van der Waals surface area contributed by atoms with Crippen molar-refractivity contribution in [2.75, 3.05) is 9.80 Å². The smallest absolute Gasteiger partial charge is 0.266 e. The number of rotatable bonds is 11. The first-order valence-electron chi connectivity index (χ1n) is 25.4. The molecule has 10 aromatic carbocycles. The molecule has 0 bridgehead atoms. The molecule has 2 aliphatic rings. The largest absolute Gasteiger partial charge is 0.457 e. The highest BCUT2D eigenvalue weighted by Gasteiger charge is 2.39. The van der Waals surface area contributed by atoms with Crippen LogP contribution in [0.1, 0.15) is 95.5 Å². The van der Waals surface area contributed by atoms with E-state index in [0.717, 1.165) is 32.1 Å². The van der Waals surface area contributed by atoms with E-state index in [1.165, 1.54) is 0 Å². The Kier molecular flexibility index (Phi) is 13.1. The summed E-state index contributed by atoms with van der Waals surface area (Å²) in [4.78, 5) is 84.6. The van der Waals surface area contributed by atoms with Crippen molar-refractivity contribution in [3.63, 3.8) is 0 Å². The van der Waals surface area contributed by atoms with Crippen LogP contribution in [-0.2, 0) is 0 Å². The molecule has 10 heteroatoms. The number of anilines is 2. The van der Waals surface area contributed by atoms with Gasteiger partial charge in [0, 0.05) is 56.6 Å². The third kappa shape index (κ3) is 10.1. The summed E-state index contributed by atoms with van der Waals surface area (Å²) in [6.07, 6.45) is 0. The van der Waals surface area contributed by atoms with Crippen molar-refractivity contribution in [3.05, 3.63) is 309 Å². The summed E-state index contributed by atoms with van der Waals surface area (Å²) >= 11 is 0. The Morgan fingerprint density at radius 1 is 0.287 bits per heavy atom. The molecule has 0 saturated carbocycles. The van der Waals surface area contributed by atoms with Crippen LogP contribution in [0.15, 0.2) is 243 Å². The molecule has 0 radical (unpaired) electrons. The number of fused-ring (bicyclic) bond motifs is 2. The van der Waals surface area contributed by atoms with E-state index in [9.17, 15) is 28.8 Å². The zero-order chi connectivity index (χ0) is 54.7. The average Bonchev–Trinajstić information content (AvgIpc) is 3.96. The predicted molar refractivity (Wildman–Crippen MR) is 305 cm³/mol. The van der Waals surface area contributed by atoms with Crippen molar-refractivity contribution < 1.29 is 38.2 Å². The Bertz CT molecular complexity index is 4000. The number of ketones is 2. The van der Waals surface area contributed by atoms with E-state index < -0.39 is 23.6 Å². The zero-order valence-electron chi connectivity index (χ0n) is 42.3. The van der Waals surface area contributed by atoms with Crippen LogP contribution >= 0.6 is 0 Å². The summed E-state index contributed by atoms with van der Waals surface area (Å²) < 4.78 is 12.3. The van der Waals surface area contributed by atoms with Gasteiger partial charge in [0.2, 0.25) is 0 Å². The Balaban J connectivity index is 0.685. The molecule has 378 valence electrons. The maximum absolute atomic E-state index is 14.1. The van der Waals surface area contributed by atoms with Crippen LogP contribution in [0.25, 0.3) is 11.1 Å². The second-order valence-corrected chi connectivity index (χ2v) is 18.7. The third-order valence-electron chi connectivity index (χ3n) is 13.5. The van der Waals surface area contributed by atoms with E-state index >= 15 is 0 Å². The summed E-state index contributed by atoms with van der Waals surface area (Å²) in [5, 5.41) is 0. The van der Waals surface area contributed by atoms with Crippen molar-refractivity contribution in [1.29, 1.82) is 0 Å². The van der Waals surface area contributed by atoms with Gasteiger partial charge in [-0.25, -0.2) is 9.80 Å². The normalized spacial score (nSPS) is 12.2. The summed E-state index contributed by atoms with van der Waals surface area (Å²) in [5.74, 6) is 11.7. The van der Waals surface area contributed by atoms with Gasteiger partial charge < -0.3 is 9.47 Å². The maximum atomic E-state index is 14.1.